The zero-order valence-electron chi connectivity index (χ0n) is 9.52. The molecule has 0 saturated heterocycles. The summed E-state index contributed by atoms with van der Waals surface area (Å²) in [5, 5.41) is 0. The number of rotatable bonds is 5. The molecule has 16 heavy (non-hydrogen) atoms. The van der Waals surface area contributed by atoms with Gasteiger partial charge in [-0.1, -0.05) is 30.3 Å². The normalized spacial score (nSPS) is 20.2. The number of thioether (sulfide) groups is 1. The Balaban J connectivity index is 1.64. The summed E-state index contributed by atoms with van der Waals surface area (Å²) in [7, 11) is 0. The molecule has 86 valence electrons. The van der Waals surface area contributed by atoms with Crippen molar-refractivity contribution in [3.05, 3.63) is 35.9 Å². The molecule has 0 bridgehead atoms. The number of benzene rings is 1. The third-order valence-electron chi connectivity index (χ3n) is 3.15. The van der Waals surface area contributed by atoms with Crippen LogP contribution < -0.4 is 0 Å². The van der Waals surface area contributed by atoms with E-state index in [0.717, 1.165) is 37.2 Å². The molecule has 1 aliphatic carbocycles. The smallest absolute Gasteiger partial charge is 0.136 e. The lowest BCUT2D eigenvalue weighted by molar-refractivity contribution is -0.120. The Bertz CT molecular complexity index is 334. The molecule has 0 aromatic heterocycles. The third kappa shape index (κ3) is 3.38. The van der Waals surface area contributed by atoms with Gasteiger partial charge in [-0.2, -0.15) is 11.8 Å². The number of carbonyl (C=O) groups excluding carboxylic acids is 1. The van der Waals surface area contributed by atoms with Crippen molar-refractivity contribution in [3.8, 4) is 0 Å². The molecule has 1 nitrogen and oxygen atoms in total. The molecule has 1 unspecified atom stereocenters. The highest BCUT2D eigenvalue weighted by Crippen LogP contribution is 2.26. The molecular formula is C14H18OS. The molecule has 1 aromatic rings. The summed E-state index contributed by atoms with van der Waals surface area (Å²) in [5.74, 6) is 3.07. The Morgan fingerprint density at radius 1 is 1.25 bits per heavy atom. The standard InChI is InChI=1S/C14H18OS/c15-14-8-4-7-13(14)9-10-16-11-12-5-2-1-3-6-12/h1-3,5-6,13H,4,7-11H2. The van der Waals surface area contributed by atoms with E-state index in [1.807, 2.05) is 17.8 Å². The molecule has 1 aliphatic rings. The Kier molecular flexibility index (Phi) is 4.46. The van der Waals surface area contributed by atoms with Crippen LogP contribution in [0.1, 0.15) is 31.2 Å². The number of carbonyl (C=O) groups is 1. The fraction of sp³-hybridized carbons (Fsp3) is 0.500. The van der Waals surface area contributed by atoms with Crippen LogP contribution in [0.25, 0.3) is 0 Å². The molecule has 1 fully saturated rings. The molecule has 1 atom stereocenters. The Morgan fingerprint density at radius 2 is 2.06 bits per heavy atom. The van der Waals surface area contributed by atoms with Crippen molar-refractivity contribution in [2.24, 2.45) is 5.92 Å². The van der Waals surface area contributed by atoms with Gasteiger partial charge in [-0.15, -0.1) is 0 Å². The van der Waals surface area contributed by atoms with E-state index in [1.165, 1.54) is 5.56 Å². The lowest BCUT2D eigenvalue weighted by Gasteiger charge is -2.07. The molecule has 1 aromatic carbocycles. The number of hydrogen-bond acceptors (Lipinski definition) is 2. The van der Waals surface area contributed by atoms with Crippen LogP contribution in [0, 0.1) is 5.92 Å². The van der Waals surface area contributed by atoms with E-state index in [4.69, 9.17) is 0 Å². The average Bonchev–Trinajstić information content (AvgIpc) is 2.72. The fourth-order valence-electron chi connectivity index (χ4n) is 2.18. The highest BCUT2D eigenvalue weighted by Gasteiger charge is 2.23. The molecule has 0 aliphatic heterocycles. The van der Waals surface area contributed by atoms with Gasteiger partial charge in [-0.3, -0.25) is 4.79 Å². The number of hydrogen-bond donors (Lipinski definition) is 0. The molecule has 0 N–H and O–H groups in total. The summed E-state index contributed by atoms with van der Waals surface area (Å²) >= 11 is 1.94. The first-order valence-corrected chi connectivity index (χ1v) is 7.16. The zero-order chi connectivity index (χ0) is 11.2. The quantitative estimate of drug-likeness (QED) is 0.723. The lowest BCUT2D eigenvalue weighted by Crippen LogP contribution is -2.06. The van der Waals surface area contributed by atoms with Crippen LogP contribution in [-0.2, 0) is 10.5 Å². The first-order chi connectivity index (χ1) is 7.86. The number of Topliss-reactive ketones (excluding diaryl/α,β-unsaturated/α-hetero) is 1. The van der Waals surface area contributed by atoms with Crippen molar-refractivity contribution in [3.63, 3.8) is 0 Å². The van der Waals surface area contributed by atoms with Gasteiger partial charge in [-0.25, -0.2) is 0 Å². The second-order valence-electron chi connectivity index (χ2n) is 4.38. The predicted octanol–water partition coefficient (Wildman–Crippen LogP) is 3.68. The maximum Gasteiger partial charge on any atom is 0.136 e. The van der Waals surface area contributed by atoms with Gasteiger partial charge in [0.05, 0.1) is 0 Å². The van der Waals surface area contributed by atoms with Crippen molar-refractivity contribution in [2.75, 3.05) is 5.75 Å². The molecule has 0 spiro atoms. The number of ketones is 1. The third-order valence-corrected chi connectivity index (χ3v) is 4.22. The minimum Gasteiger partial charge on any atom is -0.299 e. The molecule has 0 amide bonds. The molecule has 2 rings (SSSR count). The van der Waals surface area contributed by atoms with E-state index in [2.05, 4.69) is 24.3 Å². The summed E-state index contributed by atoms with van der Waals surface area (Å²) in [4.78, 5) is 11.4. The topological polar surface area (TPSA) is 17.1 Å². The van der Waals surface area contributed by atoms with Crippen LogP contribution in [0.5, 0.6) is 0 Å². The molecule has 0 radical (unpaired) electrons. The summed E-state index contributed by atoms with van der Waals surface area (Å²) < 4.78 is 0. The zero-order valence-corrected chi connectivity index (χ0v) is 10.3. The van der Waals surface area contributed by atoms with Crippen molar-refractivity contribution in [1.82, 2.24) is 0 Å². The Hall–Kier alpha value is -0.760. The van der Waals surface area contributed by atoms with E-state index in [-0.39, 0.29) is 0 Å². The van der Waals surface area contributed by atoms with E-state index < -0.39 is 0 Å². The minimum atomic E-state index is 0.378. The van der Waals surface area contributed by atoms with Gasteiger partial charge < -0.3 is 0 Å². The fourth-order valence-corrected chi connectivity index (χ4v) is 3.21. The van der Waals surface area contributed by atoms with E-state index in [1.54, 1.807) is 0 Å². The predicted molar refractivity (Wildman–Crippen MR) is 69.6 cm³/mol. The van der Waals surface area contributed by atoms with Gasteiger partial charge in [0.15, 0.2) is 0 Å². The van der Waals surface area contributed by atoms with E-state index >= 15 is 0 Å². The Labute approximate surface area is 102 Å². The maximum atomic E-state index is 11.4. The molecule has 1 saturated carbocycles. The lowest BCUT2D eigenvalue weighted by atomic mass is 10.1. The summed E-state index contributed by atoms with van der Waals surface area (Å²) in [6.45, 7) is 0. The van der Waals surface area contributed by atoms with Crippen molar-refractivity contribution < 1.29 is 4.79 Å². The first-order valence-electron chi connectivity index (χ1n) is 6.00. The van der Waals surface area contributed by atoms with Crippen molar-refractivity contribution in [1.29, 1.82) is 0 Å². The summed E-state index contributed by atoms with van der Waals surface area (Å²) in [5.41, 5.74) is 1.38. The maximum absolute atomic E-state index is 11.4. The average molecular weight is 234 g/mol. The van der Waals surface area contributed by atoms with E-state index in [9.17, 15) is 4.79 Å². The van der Waals surface area contributed by atoms with Gasteiger partial charge >= 0.3 is 0 Å². The van der Waals surface area contributed by atoms with Gasteiger partial charge in [0, 0.05) is 18.1 Å². The minimum absolute atomic E-state index is 0.378. The van der Waals surface area contributed by atoms with Crippen LogP contribution >= 0.6 is 11.8 Å². The Morgan fingerprint density at radius 3 is 2.75 bits per heavy atom. The summed E-state index contributed by atoms with van der Waals surface area (Å²) in [6, 6.07) is 10.5. The van der Waals surface area contributed by atoms with E-state index in [0.29, 0.717) is 11.7 Å². The van der Waals surface area contributed by atoms with Crippen molar-refractivity contribution in [2.45, 2.75) is 31.4 Å². The second-order valence-corrected chi connectivity index (χ2v) is 5.49. The van der Waals surface area contributed by atoms with Crippen LogP contribution in [0.3, 0.4) is 0 Å². The molecular weight excluding hydrogens is 216 g/mol. The largest absolute Gasteiger partial charge is 0.299 e. The first kappa shape index (κ1) is 11.7. The van der Waals surface area contributed by atoms with Crippen LogP contribution in [0.4, 0.5) is 0 Å². The van der Waals surface area contributed by atoms with Crippen molar-refractivity contribution >= 4 is 17.5 Å². The highest BCUT2D eigenvalue weighted by atomic mass is 32.2. The molecule has 2 heteroatoms. The second kappa shape index (κ2) is 6.09. The van der Waals surface area contributed by atoms with Crippen LogP contribution in [0.15, 0.2) is 30.3 Å². The summed E-state index contributed by atoms with van der Waals surface area (Å²) in [6.07, 6.45) is 4.15. The van der Waals surface area contributed by atoms with Crippen LogP contribution in [-0.4, -0.2) is 11.5 Å². The van der Waals surface area contributed by atoms with Gasteiger partial charge in [0.2, 0.25) is 0 Å². The highest BCUT2D eigenvalue weighted by molar-refractivity contribution is 7.98. The van der Waals surface area contributed by atoms with Crippen LogP contribution in [0.2, 0.25) is 0 Å². The van der Waals surface area contributed by atoms with Gasteiger partial charge in [0.25, 0.3) is 0 Å². The monoisotopic (exact) mass is 234 g/mol. The van der Waals surface area contributed by atoms with Gasteiger partial charge in [0.1, 0.15) is 5.78 Å². The molecule has 0 heterocycles. The SMILES string of the molecule is O=C1CCCC1CCSCc1ccccc1. The van der Waals surface area contributed by atoms with Gasteiger partial charge in [-0.05, 0) is 30.6 Å².